The highest BCUT2D eigenvalue weighted by atomic mass is 16.4. The van der Waals surface area contributed by atoms with Crippen molar-refractivity contribution >= 4 is 17.9 Å². The first-order chi connectivity index (χ1) is 9.16. The van der Waals surface area contributed by atoms with Crippen molar-refractivity contribution in [2.45, 2.75) is 6.92 Å². The number of nitrogens with zero attached hydrogens (tertiary/aromatic N) is 1. The molecule has 0 radical (unpaired) electrons. The number of para-hydroxylation sites is 1. The Hall–Kier alpha value is -2.62. The predicted molar refractivity (Wildman–Crippen MR) is 75.8 cm³/mol. The zero-order valence-corrected chi connectivity index (χ0v) is 10.5. The molecule has 0 aliphatic heterocycles. The fourth-order valence-corrected chi connectivity index (χ4v) is 1.64. The molecule has 0 fully saturated rings. The lowest BCUT2D eigenvalue weighted by Crippen LogP contribution is -2.01. The van der Waals surface area contributed by atoms with Gasteiger partial charge in [-0.3, -0.25) is 5.43 Å². The third-order valence-corrected chi connectivity index (χ3v) is 2.67. The van der Waals surface area contributed by atoms with E-state index in [2.05, 4.69) is 10.5 Å². The summed E-state index contributed by atoms with van der Waals surface area (Å²) in [6.07, 6.45) is 1.60. The molecule has 4 heteroatoms. The van der Waals surface area contributed by atoms with Crippen molar-refractivity contribution in [3.05, 3.63) is 65.2 Å². The molecule has 0 aliphatic carbocycles. The van der Waals surface area contributed by atoms with Gasteiger partial charge in [0, 0.05) is 0 Å². The van der Waals surface area contributed by atoms with Crippen LogP contribution in [0.4, 0.5) is 5.69 Å². The first kappa shape index (κ1) is 12.8. The Bertz CT molecular complexity index is 607. The number of hydrazone groups is 1. The summed E-state index contributed by atoms with van der Waals surface area (Å²) in [4.78, 5) is 11.0. The number of hydrogen-bond donors (Lipinski definition) is 2. The Morgan fingerprint density at radius 2 is 1.95 bits per heavy atom. The molecule has 0 bridgehead atoms. The number of carboxylic acids is 1. The number of aryl methyl sites for hydroxylation is 1. The summed E-state index contributed by atoms with van der Waals surface area (Å²) in [6, 6.07) is 14.7. The van der Waals surface area contributed by atoms with Crippen molar-refractivity contribution in [1.29, 1.82) is 0 Å². The first-order valence-corrected chi connectivity index (χ1v) is 5.85. The highest BCUT2D eigenvalue weighted by Crippen LogP contribution is 2.10. The van der Waals surface area contributed by atoms with Gasteiger partial charge in [-0.15, -0.1) is 0 Å². The van der Waals surface area contributed by atoms with E-state index in [4.69, 9.17) is 5.11 Å². The SMILES string of the molecule is Cc1ccc(C=NNc2ccccc2)cc1C(=O)O. The Morgan fingerprint density at radius 1 is 1.21 bits per heavy atom. The van der Waals surface area contributed by atoms with Crippen molar-refractivity contribution < 1.29 is 9.90 Å². The molecule has 0 amide bonds. The normalized spacial score (nSPS) is 10.6. The van der Waals surface area contributed by atoms with Crippen LogP contribution in [0.2, 0.25) is 0 Å². The van der Waals surface area contributed by atoms with E-state index in [9.17, 15) is 4.79 Å². The molecule has 0 saturated carbocycles. The maximum atomic E-state index is 11.0. The van der Waals surface area contributed by atoms with Gasteiger partial charge in [-0.05, 0) is 36.2 Å². The maximum absolute atomic E-state index is 11.0. The van der Waals surface area contributed by atoms with E-state index < -0.39 is 5.97 Å². The van der Waals surface area contributed by atoms with Gasteiger partial charge in [0.05, 0.1) is 17.5 Å². The van der Waals surface area contributed by atoms with Gasteiger partial charge in [0.15, 0.2) is 0 Å². The molecule has 0 saturated heterocycles. The van der Waals surface area contributed by atoms with E-state index in [1.54, 1.807) is 25.3 Å². The zero-order chi connectivity index (χ0) is 13.7. The van der Waals surface area contributed by atoms with Crippen LogP contribution in [0.5, 0.6) is 0 Å². The summed E-state index contributed by atoms with van der Waals surface area (Å²) in [5.74, 6) is -0.927. The van der Waals surface area contributed by atoms with E-state index in [1.165, 1.54) is 0 Å². The first-order valence-electron chi connectivity index (χ1n) is 5.85. The number of carboxylic acid groups (broad SMARTS) is 1. The fourth-order valence-electron chi connectivity index (χ4n) is 1.64. The van der Waals surface area contributed by atoms with E-state index in [-0.39, 0.29) is 0 Å². The zero-order valence-electron chi connectivity index (χ0n) is 10.5. The van der Waals surface area contributed by atoms with Crippen LogP contribution >= 0.6 is 0 Å². The average Bonchev–Trinajstić information content (AvgIpc) is 2.41. The molecule has 2 rings (SSSR count). The standard InChI is InChI=1S/C15H14N2O2/c1-11-7-8-12(9-14(11)15(18)19)10-16-17-13-5-3-2-4-6-13/h2-10,17H,1H3,(H,18,19). The Kier molecular flexibility index (Phi) is 3.93. The molecule has 0 unspecified atom stereocenters. The van der Waals surface area contributed by atoms with Crippen LogP contribution < -0.4 is 5.43 Å². The van der Waals surface area contributed by atoms with E-state index in [0.29, 0.717) is 5.56 Å². The molecule has 2 aromatic carbocycles. The average molecular weight is 254 g/mol. The minimum atomic E-state index is -0.927. The third-order valence-electron chi connectivity index (χ3n) is 2.67. The number of hydrogen-bond acceptors (Lipinski definition) is 3. The number of rotatable bonds is 4. The number of nitrogens with one attached hydrogen (secondary N) is 1. The topological polar surface area (TPSA) is 61.7 Å². The molecule has 2 N–H and O–H groups in total. The second-order valence-corrected chi connectivity index (χ2v) is 4.12. The number of aromatic carboxylic acids is 1. The van der Waals surface area contributed by atoms with Crippen molar-refractivity contribution in [1.82, 2.24) is 0 Å². The summed E-state index contributed by atoms with van der Waals surface area (Å²) in [7, 11) is 0. The van der Waals surface area contributed by atoms with E-state index in [0.717, 1.165) is 16.8 Å². The van der Waals surface area contributed by atoms with Crippen LogP contribution in [0.3, 0.4) is 0 Å². The van der Waals surface area contributed by atoms with Gasteiger partial charge in [0.1, 0.15) is 0 Å². The van der Waals surface area contributed by atoms with Crippen LogP contribution in [0.1, 0.15) is 21.5 Å². The number of carbonyl (C=O) groups is 1. The van der Waals surface area contributed by atoms with Gasteiger partial charge in [0.25, 0.3) is 0 Å². The molecule has 0 spiro atoms. The smallest absolute Gasteiger partial charge is 0.335 e. The quantitative estimate of drug-likeness (QED) is 0.651. The van der Waals surface area contributed by atoms with Gasteiger partial charge >= 0.3 is 5.97 Å². The summed E-state index contributed by atoms with van der Waals surface area (Å²) in [5.41, 5.74) is 5.53. The Morgan fingerprint density at radius 3 is 2.63 bits per heavy atom. The highest BCUT2D eigenvalue weighted by molar-refractivity contribution is 5.92. The molecule has 96 valence electrons. The van der Waals surface area contributed by atoms with Gasteiger partial charge in [0.2, 0.25) is 0 Å². The van der Waals surface area contributed by atoms with E-state index >= 15 is 0 Å². The van der Waals surface area contributed by atoms with Crippen LogP contribution in [-0.2, 0) is 0 Å². The van der Waals surface area contributed by atoms with Crippen molar-refractivity contribution in [2.75, 3.05) is 5.43 Å². The summed E-state index contributed by atoms with van der Waals surface area (Å²) >= 11 is 0. The van der Waals surface area contributed by atoms with Crippen LogP contribution in [0.25, 0.3) is 0 Å². The Labute approximate surface area is 111 Å². The second-order valence-electron chi connectivity index (χ2n) is 4.12. The monoisotopic (exact) mass is 254 g/mol. The van der Waals surface area contributed by atoms with E-state index in [1.807, 2.05) is 36.4 Å². The van der Waals surface area contributed by atoms with Gasteiger partial charge in [-0.2, -0.15) is 5.10 Å². The van der Waals surface area contributed by atoms with Crippen LogP contribution in [0, 0.1) is 6.92 Å². The number of benzene rings is 2. The van der Waals surface area contributed by atoms with Crippen molar-refractivity contribution in [3.63, 3.8) is 0 Å². The van der Waals surface area contributed by atoms with Gasteiger partial charge < -0.3 is 5.11 Å². The highest BCUT2D eigenvalue weighted by Gasteiger charge is 2.06. The lowest BCUT2D eigenvalue weighted by molar-refractivity contribution is 0.0696. The molecule has 4 nitrogen and oxygen atoms in total. The molecular weight excluding hydrogens is 240 g/mol. The van der Waals surface area contributed by atoms with Gasteiger partial charge in [-0.1, -0.05) is 30.3 Å². The maximum Gasteiger partial charge on any atom is 0.335 e. The minimum Gasteiger partial charge on any atom is -0.478 e. The molecule has 0 atom stereocenters. The molecule has 19 heavy (non-hydrogen) atoms. The second kappa shape index (κ2) is 5.82. The van der Waals surface area contributed by atoms with Gasteiger partial charge in [-0.25, -0.2) is 4.79 Å². The third kappa shape index (κ3) is 3.42. The number of anilines is 1. The van der Waals surface area contributed by atoms with Crippen LogP contribution in [-0.4, -0.2) is 17.3 Å². The molecule has 2 aromatic rings. The summed E-state index contributed by atoms with van der Waals surface area (Å²) < 4.78 is 0. The lowest BCUT2D eigenvalue weighted by atomic mass is 10.1. The summed E-state index contributed by atoms with van der Waals surface area (Å²) in [6.45, 7) is 1.77. The summed E-state index contributed by atoms with van der Waals surface area (Å²) in [5, 5.41) is 13.1. The van der Waals surface area contributed by atoms with Crippen LogP contribution in [0.15, 0.2) is 53.6 Å². The molecule has 0 aliphatic rings. The van der Waals surface area contributed by atoms with Crippen molar-refractivity contribution in [3.8, 4) is 0 Å². The minimum absolute atomic E-state index is 0.295. The molecule has 0 aromatic heterocycles. The molecule has 0 heterocycles. The Balaban J connectivity index is 2.11. The van der Waals surface area contributed by atoms with Crippen molar-refractivity contribution in [2.24, 2.45) is 5.10 Å². The largest absolute Gasteiger partial charge is 0.478 e. The fraction of sp³-hybridized carbons (Fsp3) is 0.0667. The molecular formula is C15H14N2O2. The predicted octanol–water partition coefficient (Wildman–Crippen LogP) is 3.14. The lowest BCUT2D eigenvalue weighted by Gasteiger charge is -2.02.